The van der Waals surface area contributed by atoms with Gasteiger partial charge in [-0.2, -0.15) is 0 Å². The van der Waals surface area contributed by atoms with Crippen LogP contribution in [0.3, 0.4) is 0 Å². The summed E-state index contributed by atoms with van der Waals surface area (Å²) >= 11 is 0. The molecule has 22 heavy (non-hydrogen) atoms. The van der Waals surface area contributed by atoms with Gasteiger partial charge in [-0.1, -0.05) is 62.9 Å². The van der Waals surface area contributed by atoms with Crippen molar-refractivity contribution in [1.82, 2.24) is 0 Å². The maximum absolute atomic E-state index is 5.42. The van der Waals surface area contributed by atoms with E-state index >= 15 is 0 Å². The molecule has 0 fully saturated rings. The Balaban J connectivity index is 2.65. The fraction of sp³-hybridized carbons (Fsp3) is 0.684. The first-order valence-electron chi connectivity index (χ1n) is 8.41. The van der Waals surface area contributed by atoms with Crippen molar-refractivity contribution >= 4 is 0 Å². The zero-order valence-corrected chi connectivity index (χ0v) is 14.6. The first-order chi connectivity index (χ1) is 10.7. The van der Waals surface area contributed by atoms with Gasteiger partial charge in [0.1, 0.15) is 0 Å². The highest BCUT2D eigenvalue weighted by molar-refractivity contribution is 5.19. The lowest BCUT2D eigenvalue weighted by atomic mass is 9.88. The Bertz CT molecular complexity index is 365. The third kappa shape index (κ3) is 6.07. The molecular weight excluding hydrogens is 276 g/mol. The number of ether oxygens (including phenoxy) is 3. The summed E-state index contributed by atoms with van der Waals surface area (Å²) in [5.74, 6) is -0.394. The summed E-state index contributed by atoms with van der Waals surface area (Å²) in [6.45, 7) is 2.25. The molecule has 0 aliphatic rings. The Morgan fingerprint density at radius 3 is 2.05 bits per heavy atom. The molecule has 0 aliphatic heterocycles. The SMILES string of the molecule is CCCCCCC(CCC(OC)(OC)OC)c1ccccc1. The third-order valence-electron chi connectivity index (χ3n) is 4.41. The van der Waals surface area contributed by atoms with Gasteiger partial charge in [0.25, 0.3) is 5.97 Å². The molecule has 1 rings (SSSR count). The molecule has 0 spiro atoms. The standard InChI is InChI=1S/C19H32O3/c1-5-6-7-9-14-18(17-12-10-8-11-13-17)15-16-19(20-2,21-3)22-4/h8,10-13,18H,5-7,9,14-16H2,1-4H3. The van der Waals surface area contributed by atoms with Crippen molar-refractivity contribution in [3.05, 3.63) is 35.9 Å². The lowest BCUT2D eigenvalue weighted by molar-refractivity contribution is -0.355. The third-order valence-corrected chi connectivity index (χ3v) is 4.41. The Hall–Kier alpha value is -0.900. The minimum absolute atomic E-state index is 0.526. The number of hydrogen-bond acceptors (Lipinski definition) is 3. The minimum atomic E-state index is -0.920. The molecule has 3 nitrogen and oxygen atoms in total. The molecule has 1 aromatic rings. The van der Waals surface area contributed by atoms with E-state index in [2.05, 4.69) is 37.3 Å². The summed E-state index contributed by atoms with van der Waals surface area (Å²) in [6, 6.07) is 10.7. The van der Waals surface area contributed by atoms with Gasteiger partial charge < -0.3 is 14.2 Å². The molecule has 126 valence electrons. The van der Waals surface area contributed by atoms with Gasteiger partial charge in [-0.05, 0) is 24.3 Å². The van der Waals surface area contributed by atoms with Crippen LogP contribution >= 0.6 is 0 Å². The van der Waals surface area contributed by atoms with E-state index in [1.165, 1.54) is 37.7 Å². The van der Waals surface area contributed by atoms with Gasteiger partial charge in [0.05, 0.1) is 0 Å². The molecule has 0 N–H and O–H groups in total. The molecule has 0 saturated carbocycles. The molecule has 0 radical (unpaired) electrons. The molecular formula is C19H32O3. The Kier molecular flexibility index (Phi) is 9.37. The maximum Gasteiger partial charge on any atom is 0.282 e. The number of benzene rings is 1. The van der Waals surface area contributed by atoms with E-state index in [1.807, 2.05) is 0 Å². The minimum Gasteiger partial charge on any atom is -0.331 e. The number of unbranched alkanes of at least 4 members (excludes halogenated alkanes) is 3. The first-order valence-corrected chi connectivity index (χ1v) is 8.41. The van der Waals surface area contributed by atoms with Crippen LogP contribution in [0.5, 0.6) is 0 Å². The summed E-state index contributed by atoms with van der Waals surface area (Å²) in [5.41, 5.74) is 1.40. The van der Waals surface area contributed by atoms with Crippen LogP contribution in [0.15, 0.2) is 30.3 Å². The van der Waals surface area contributed by atoms with Crippen LogP contribution in [-0.2, 0) is 14.2 Å². The second-order valence-corrected chi connectivity index (χ2v) is 5.79. The van der Waals surface area contributed by atoms with E-state index in [0.29, 0.717) is 5.92 Å². The van der Waals surface area contributed by atoms with Gasteiger partial charge in [-0.15, -0.1) is 0 Å². The maximum atomic E-state index is 5.42. The summed E-state index contributed by atoms with van der Waals surface area (Å²) < 4.78 is 16.3. The second-order valence-electron chi connectivity index (χ2n) is 5.79. The van der Waals surface area contributed by atoms with Gasteiger partial charge >= 0.3 is 0 Å². The molecule has 0 saturated heterocycles. The smallest absolute Gasteiger partial charge is 0.282 e. The number of rotatable bonds is 12. The largest absolute Gasteiger partial charge is 0.331 e. The van der Waals surface area contributed by atoms with E-state index in [0.717, 1.165) is 12.8 Å². The zero-order valence-electron chi connectivity index (χ0n) is 14.6. The van der Waals surface area contributed by atoms with Crippen LogP contribution in [0.1, 0.15) is 63.4 Å². The van der Waals surface area contributed by atoms with Crippen LogP contribution in [0.25, 0.3) is 0 Å². The molecule has 3 heteroatoms. The molecule has 1 unspecified atom stereocenters. The summed E-state index contributed by atoms with van der Waals surface area (Å²) in [7, 11) is 4.89. The molecule has 1 aromatic carbocycles. The van der Waals surface area contributed by atoms with Gasteiger partial charge in [-0.3, -0.25) is 0 Å². The van der Waals surface area contributed by atoms with Crippen molar-refractivity contribution in [1.29, 1.82) is 0 Å². The van der Waals surface area contributed by atoms with Gasteiger partial charge in [-0.25, -0.2) is 0 Å². The van der Waals surface area contributed by atoms with Crippen LogP contribution in [0.4, 0.5) is 0 Å². The van der Waals surface area contributed by atoms with Crippen molar-refractivity contribution in [3.8, 4) is 0 Å². The first kappa shape index (κ1) is 19.1. The van der Waals surface area contributed by atoms with E-state index < -0.39 is 5.97 Å². The number of methoxy groups -OCH3 is 3. The van der Waals surface area contributed by atoms with Crippen LogP contribution in [0, 0.1) is 0 Å². The van der Waals surface area contributed by atoms with Crippen molar-refractivity contribution in [2.75, 3.05) is 21.3 Å². The fourth-order valence-corrected chi connectivity index (χ4v) is 2.93. The predicted octanol–water partition coefficient (Wildman–Crippen LogP) is 5.11. The van der Waals surface area contributed by atoms with Crippen LogP contribution < -0.4 is 0 Å². The summed E-state index contributed by atoms with van der Waals surface area (Å²) in [4.78, 5) is 0. The molecule has 0 amide bonds. The van der Waals surface area contributed by atoms with E-state index in [-0.39, 0.29) is 0 Å². The summed E-state index contributed by atoms with van der Waals surface area (Å²) in [5, 5.41) is 0. The monoisotopic (exact) mass is 308 g/mol. The van der Waals surface area contributed by atoms with Gasteiger partial charge in [0, 0.05) is 27.8 Å². The van der Waals surface area contributed by atoms with Gasteiger partial charge in [0.2, 0.25) is 0 Å². The van der Waals surface area contributed by atoms with Crippen LogP contribution in [-0.4, -0.2) is 27.3 Å². The Labute approximate surface area is 136 Å². The Morgan fingerprint density at radius 2 is 1.50 bits per heavy atom. The highest BCUT2D eigenvalue weighted by Gasteiger charge is 2.30. The topological polar surface area (TPSA) is 27.7 Å². The lowest BCUT2D eigenvalue weighted by Crippen LogP contribution is -2.36. The predicted molar refractivity (Wildman–Crippen MR) is 90.9 cm³/mol. The second kappa shape index (κ2) is 10.8. The number of hydrogen-bond donors (Lipinski definition) is 0. The average Bonchev–Trinajstić information content (AvgIpc) is 2.59. The average molecular weight is 308 g/mol. The highest BCUT2D eigenvalue weighted by atomic mass is 16.9. The normalized spacial score (nSPS) is 13.3. The van der Waals surface area contributed by atoms with E-state index in [1.54, 1.807) is 21.3 Å². The molecule has 0 heterocycles. The highest BCUT2D eigenvalue weighted by Crippen LogP contribution is 2.31. The lowest BCUT2D eigenvalue weighted by Gasteiger charge is -2.30. The van der Waals surface area contributed by atoms with Gasteiger partial charge in [0.15, 0.2) is 0 Å². The van der Waals surface area contributed by atoms with Crippen molar-refractivity contribution in [2.45, 2.75) is 63.8 Å². The Morgan fingerprint density at radius 1 is 0.864 bits per heavy atom. The summed E-state index contributed by atoms with van der Waals surface area (Å²) in [6.07, 6.45) is 8.10. The van der Waals surface area contributed by atoms with Crippen molar-refractivity contribution in [3.63, 3.8) is 0 Å². The van der Waals surface area contributed by atoms with E-state index in [4.69, 9.17) is 14.2 Å². The van der Waals surface area contributed by atoms with Crippen molar-refractivity contribution < 1.29 is 14.2 Å². The fourth-order valence-electron chi connectivity index (χ4n) is 2.93. The molecule has 0 aromatic heterocycles. The van der Waals surface area contributed by atoms with Crippen molar-refractivity contribution in [2.24, 2.45) is 0 Å². The zero-order chi connectivity index (χ0) is 16.3. The van der Waals surface area contributed by atoms with E-state index in [9.17, 15) is 0 Å². The van der Waals surface area contributed by atoms with Crippen LogP contribution in [0.2, 0.25) is 0 Å². The molecule has 0 aliphatic carbocycles. The quantitative estimate of drug-likeness (QED) is 0.396. The molecule has 1 atom stereocenters. The molecule has 0 bridgehead atoms.